The van der Waals surface area contributed by atoms with Crippen LogP contribution in [-0.4, -0.2) is 60.2 Å². The maximum atomic E-state index is 12.0. The van der Waals surface area contributed by atoms with Gasteiger partial charge in [0, 0.05) is 25.7 Å². The molecule has 1 N–H and O–H groups in total. The molecule has 0 spiro atoms. The molecule has 1 saturated heterocycles. The first-order valence-electron chi connectivity index (χ1n) is 7.13. The van der Waals surface area contributed by atoms with Crippen molar-refractivity contribution in [3.63, 3.8) is 0 Å². The number of thioether (sulfide) groups is 1. The summed E-state index contributed by atoms with van der Waals surface area (Å²) in [4.78, 5) is 28.0. The highest BCUT2D eigenvalue weighted by Crippen LogP contribution is 2.31. The van der Waals surface area contributed by atoms with E-state index in [4.69, 9.17) is 12.2 Å². The smallest absolute Gasteiger partial charge is 0.265 e. The van der Waals surface area contributed by atoms with Crippen molar-refractivity contribution in [2.24, 2.45) is 0 Å². The summed E-state index contributed by atoms with van der Waals surface area (Å²) in [6.07, 6.45) is 1.79. The van der Waals surface area contributed by atoms with Gasteiger partial charge in [0.2, 0.25) is 0 Å². The highest BCUT2D eigenvalue weighted by Gasteiger charge is 2.28. The predicted octanol–water partition coefficient (Wildman–Crippen LogP) is 1.81. The minimum absolute atomic E-state index is 0.0921. The van der Waals surface area contributed by atoms with E-state index in [1.54, 1.807) is 25.3 Å². The summed E-state index contributed by atoms with van der Waals surface area (Å²) < 4.78 is 0.554. The van der Waals surface area contributed by atoms with Gasteiger partial charge in [0.1, 0.15) is 4.32 Å². The van der Waals surface area contributed by atoms with E-state index in [2.05, 4.69) is 5.32 Å². The number of thiocarbonyl (C=S) groups is 1. The molecule has 0 radical (unpaired) electrons. The summed E-state index contributed by atoms with van der Waals surface area (Å²) in [5, 5.41) is 2.86. The van der Waals surface area contributed by atoms with Crippen LogP contribution in [0.15, 0.2) is 29.2 Å². The van der Waals surface area contributed by atoms with Crippen LogP contribution in [0.3, 0.4) is 0 Å². The summed E-state index contributed by atoms with van der Waals surface area (Å²) in [7, 11) is 5.58. The van der Waals surface area contributed by atoms with Gasteiger partial charge in [0.25, 0.3) is 11.8 Å². The first kappa shape index (κ1) is 17.7. The Morgan fingerprint density at radius 3 is 2.52 bits per heavy atom. The van der Waals surface area contributed by atoms with Crippen LogP contribution in [0.5, 0.6) is 0 Å². The lowest BCUT2D eigenvalue weighted by atomic mass is 10.1. The van der Waals surface area contributed by atoms with Crippen molar-refractivity contribution in [1.82, 2.24) is 15.1 Å². The quantitative estimate of drug-likeness (QED) is 0.649. The molecule has 0 aromatic heterocycles. The Morgan fingerprint density at radius 1 is 1.35 bits per heavy atom. The maximum absolute atomic E-state index is 12.0. The molecule has 5 nitrogen and oxygen atoms in total. The molecule has 0 saturated carbocycles. The third-order valence-corrected chi connectivity index (χ3v) is 4.79. The Hall–Kier alpha value is -1.70. The Morgan fingerprint density at radius 2 is 2.00 bits per heavy atom. The van der Waals surface area contributed by atoms with Crippen LogP contribution in [0.2, 0.25) is 0 Å². The van der Waals surface area contributed by atoms with Crippen LogP contribution < -0.4 is 5.32 Å². The van der Waals surface area contributed by atoms with Gasteiger partial charge in [0.05, 0.1) is 4.91 Å². The van der Waals surface area contributed by atoms with Gasteiger partial charge in [-0.05, 0) is 37.9 Å². The average molecular weight is 349 g/mol. The van der Waals surface area contributed by atoms with E-state index in [9.17, 15) is 9.59 Å². The molecule has 122 valence electrons. The minimum atomic E-state index is -0.0988. The van der Waals surface area contributed by atoms with E-state index >= 15 is 0 Å². The van der Waals surface area contributed by atoms with Crippen molar-refractivity contribution in [2.75, 3.05) is 34.2 Å². The molecular weight excluding hydrogens is 330 g/mol. The van der Waals surface area contributed by atoms with Crippen molar-refractivity contribution in [1.29, 1.82) is 0 Å². The van der Waals surface area contributed by atoms with Crippen molar-refractivity contribution in [2.45, 2.75) is 0 Å². The number of hydrogen-bond acceptors (Lipinski definition) is 5. The molecule has 0 bridgehead atoms. The molecule has 1 heterocycles. The Kier molecular flexibility index (Phi) is 5.92. The number of rotatable bonds is 5. The Bertz CT molecular complexity index is 654. The van der Waals surface area contributed by atoms with Crippen LogP contribution in [0, 0.1) is 0 Å². The molecule has 1 aromatic rings. The molecule has 1 fully saturated rings. The van der Waals surface area contributed by atoms with Gasteiger partial charge < -0.3 is 10.2 Å². The number of nitrogens with one attached hydrogen (secondary N) is 1. The summed E-state index contributed by atoms with van der Waals surface area (Å²) in [6.45, 7) is 1.40. The average Bonchev–Trinajstić information content (AvgIpc) is 2.75. The number of benzene rings is 1. The van der Waals surface area contributed by atoms with Gasteiger partial charge in [0.15, 0.2) is 0 Å². The van der Waals surface area contributed by atoms with Gasteiger partial charge in [-0.15, -0.1) is 0 Å². The highest BCUT2D eigenvalue weighted by molar-refractivity contribution is 8.26. The number of nitrogens with zero attached hydrogens (tertiary/aromatic N) is 2. The summed E-state index contributed by atoms with van der Waals surface area (Å²) in [5.41, 5.74) is 1.47. The Balaban J connectivity index is 2.01. The fourth-order valence-corrected chi connectivity index (χ4v) is 3.10. The van der Waals surface area contributed by atoms with Gasteiger partial charge in [-0.25, -0.2) is 0 Å². The van der Waals surface area contributed by atoms with E-state index in [1.807, 2.05) is 31.1 Å². The molecule has 2 amide bonds. The van der Waals surface area contributed by atoms with Gasteiger partial charge >= 0.3 is 0 Å². The zero-order valence-corrected chi connectivity index (χ0v) is 15.0. The number of carbonyl (C=O) groups excluding carboxylic acids is 2. The molecule has 1 aliphatic heterocycles. The number of carbonyl (C=O) groups is 2. The minimum Gasteiger partial charge on any atom is -0.351 e. The van der Waals surface area contributed by atoms with Crippen LogP contribution in [0.4, 0.5) is 0 Å². The second kappa shape index (κ2) is 7.72. The van der Waals surface area contributed by atoms with E-state index in [1.165, 1.54) is 16.7 Å². The van der Waals surface area contributed by atoms with E-state index < -0.39 is 0 Å². The lowest BCUT2D eigenvalue weighted by molar-refractivity contribution is -0.121. The third kappa shape index (κ3) is 4.63. The van der Waals surface area contributed by atoms with Crippen molar-refractivity contribution >= 4 is 46.2 Å². The molecule has 23 heavy (non-hydrogen) atoms. The molecule has 1 aliphatic rings. The third-order valence-electron chi connectivity index (χ3n) is 3.30. The van der Waals surface area contributed by atoms with E-state index in [0.717, 1.165) is 12.1 Å². The highest BCUT2D eigenvalue weighted by atomic mass is 32.2. The fraction of sp³-hybridized carbons (Fsp3) is 0.312. The van der Waals surface area contributed by atoms with Crippen LogP contribution in [0.25, 0.3) is 6.08 Å². The largest absolute Gasteiger partial charge is 0.351 e. The van der Waals surface area contributed by atoms with Crippen LogP contribution in [-0.2, 0) is 4.79 Å². The number of amides is 2. The first-order valence-corrected chi connectivity index (χ1v) is 8.35. The van der Waals surface area contributed by atoms with Gasteiger partial charge in [-0.2, -0.15) is 0 Å². The second-order valence-corrected chi connectivity index (χ2v) is 7.10. The van der Waals surface area contributed by atoms with Crippen LogP contribution >= 0.6 is 24.0 Å². The van der Waals surface area contributed by atoms with Crippen molar-refractivity contribution < 1.29 is 9.59 Å². The molecule has 2 rings (SSSR count). The predicted molar refractivity (Wildman–Crippen MR) is 98.3 cm³/mol. The summed E-state index contributed by atoms with van der Waals surface area (Å²) >= 11 is 6.38. The molecular formula is C16H19N3O2S2. The number of likely N-dealkylation sites (N-methyl/N-ethyl adjacent to an activating group) is 2. The monoisotopic (exact) mass is 349 g/mol. The van der Waals surface area contributed by atoms with Crippen molar-refractivity contribution in [3.05, 3.63) is 40.3 Å². The van der Waals surface area contributed by atoms with Gasteiger partial charge in [-0.3, -0.25) is 14.5 Å². The second-order valence-electron chi connectivity index (χ2n) is 5.42. The molecule has 7 heteroatoms. The lowest BCUT2D eigenvalue weighted by Crippen LogP contribution is -2.31. The molecule has 1 aromatic carbocycles. The molecule has 0 aliphatic carbocycles. The fourth-order valence-electron chi connectivity index (χ4n) is 1.92. The van der Waals surface area contributed by atoms with Crippen LogP contribution in [0.1, 0.15) is 15.9 Å². The zero-order chi connectivity index (χ0) is 17.0. The van der Waals surface area contributed by atoms with E-state index in [-0.39, 0.29) is 11.8 Å². The molecule has 0 atom stereocenters. The van der Waals surface area contributed by atoms with Gasteiger partial charge in [-0.1, -0.05) is 36.1 Å². The first-order chi connectivity index (χ1) is 10.9. The SMILES string of the molecule is CN(C)CCNC(=O)c1ccc(C=C2SC(=S)N(C)C2=O)cc1. The number of hydrogen-bond donors (Lipinski definition) is 1. The summed E-state index contributed by atoms with van der Waals surface area (Å²) in [5.74, 6) is -0.191. The summed E-state index contributed by atoms with van der Waals surface area (Å²) in [6, 6.07) is 7.15. The topological polar surface area (TPSA) is 52.7 Å². The zero-order valence-electron chi connectivity index (χ0n) is 13.3. The lowest BCUT2D eigenvalue weighted by Gasteiger charge is -2.10. The molecule has 0 unspecified atom stereocenters. The van der Waals surface area contributed by atoms with E-state index in [0.29, 0.717) is 21.3 Å². The van der Waals surface area contributed by atoms with Crippen molar-refractivity contribution in [3.8, 4) is 0 Å². The standard InChI is InChI=1S/C16H19N3O2S2/c1-18(2)9-8-17-14(20)12-6-4-11(5-7-12)10-13-15(21)19(3)16(22)23-13/h4-7,10H,8-9H2,1-3H3,(H,17,20). The normalized spacial score (nSPS) is 16.5. The maximum Gasteiger partial charge on any atom is 0.265 e. The Labute approximate surface area is 145 Å².